The Morgan fingerprint density at radius 1 is 0.851 bits per heavy atom. The third-order valence-corrected chi connectivity index (χ3v) is 10.3. The molecular formula is C36H36N6O4S. The zero-order chi connectivity index (χ0) is 32.4. The molecule has 3 aromatic heterocycles. The second-order valence-electron chi connectivity index (χ2n) is 13.5. The van der Waals surface area contributed by atoms with E-state index in [-0.39, 0.29) is 18.2 Å². The highest BCUT2D eigenvalue weighted by molar-refractivity contribution is 7.25. The topological polar surface area (TPSA) is 127 Å². The summed E-state index contributed by atoms with van der Waals surface area (Å²) in [5, 5.41) is 12.0. The average Bonchev–Trinajstić information content (AvgIpc) is 3.86. The lowest BCUT2D eigenvalue weighted by molar-refractivity contribution is 0.0219. The molecule has 5 heterocycles. The molecule has 3 N–H and O–H groups in total. The van der Waals surface area contributed by atoms with Gasteiger partial charge in [-0.15, -0.1) is 11.3 Å². The van der Waals surface area contributed by atoms with E-state index < -0.39 is 11.7 Å². The fourth-order valence-corrected chi connectivity index (χ4v) is 8.20. The van der Waals surface area contributed by atoms with Gasteiger partial charge in [0.15, 0.2) is 0 Å². The van der Waals surface area contributed by atoms with Crippen molar-refractivity contribution < 1.29 is 19.4 Å². The van der Waals surface area contributed by atoms with Crippen molar-refractivity contribution in [3.8, 4) is 22.4 Å². The number of aromatic nitrogens is 4. The van der Waals surface area contributed by atoms with Gasteiger partial charge in [-0.1, -0.05) is 30.3 Å². The highest BCUT2D eigenvalue weighted by Crippen LogP contribution is 2.40. The minimum atomic E-state index is -0.901. The maximum absolute atomic E-state index is 12.9. The molecule has 0 bridgehead atoms. The van der Waals surface area contributed by atoms with Crippen molar-refractivity contribution in [3.05, 3.63) is 72.4 Å². The molecule has 0 radical (unpaired) electrons. The molecule has 1 unspecified atom stereocenters. The van der Waals surface area contributed by atoms with Crippen LogP contribution >= 0.6 is 11.3 Å². The molecule has 11 heteroatoms. The first-order chi connectivity index (χ1) is 22.6. The SMILES string of the molecule is CC(C)(C)OC(=O)N1CCC[C@H]1c1nc2ccc(-c3ccc4c(c3)sc3cc(-c5cnc(C6CCCN6C(=O)O)[nH]5)ccc34)cc2[nH]1. The number of carbonyl (C=O) groups excluding carboxylic acids is 1. The van der Waals surface area contributed by atoms with Crippen LogP contribution < -0.4 is 0 Å². The maximum Gasteiger partial charge on any atom is 0.410 e. The predicted octanol–water partition coefficient (Wildman–Crippen LogP) is 8.87. The summed E-state index contributed by atoms with van der Waals surface area (Å²) in [4.78, 5) is 44.1. The number of benzene rings is 3. The van der Waals surface area contributed by atoms with Gasteiger partial charge in [-0.3, -0.25) is 9.80 Å². The first kappa shape index (κ1) is 29.5. The largest absolute Gasteiger partial charge is 0.465 e. The first-order valence-electron chi connectivity index (χ1n) is 16.1. The lowest BCUT2D eigenvalue weighted by Gasteiger charge is -2.27. The molecule has 2 aliphatic rings. The zero-order valence-electron chi connectivity index (χ0n) is 26.5. The Labute approximate surface area is 275 Å². The smallest absolute Gasteiger partial charge is 0.410 e. The van der Waals surface area contributed by atoms with Gasteiger partial charge in [0.1, 0.15) is 17.2 Å². The Morgan fingerprint density at radius 3 is 2.21 bits per heavy atom. The second-order valence-corrected chi connectivity index (χ2v) is 14.6. The van der Waals surface area contributed by atoms with E-state index in [4.69, 9.17) is 9.72 Å². The summed E-state index contributed by atoms with van der Waals surface area (Å²) in [5.41, 5.74) is 5.40. The summed E-state index contributed by atoms with van der Waals surface area (Å²) in [6, 6.07) is 19.0. The Balaban J connectivity index is 1.06. The maximum atomic E-state index is 12.9. The Kier molecular flexibility index (Phi) is 6.98. The fourth-order valence-electron chi connectivity index (χ4n) is 7.01. The van der Waals surface area contributed by atoms with Crippen LogP contribution in [0.15, 0.2) is 60.8 Å². The molecule has 10 nitrogen and oxygen atoms in total. The number of thiophene rings is 1. The molecule has 2 aliphatic heterocycles. The highest BCUT2D eigenvalue weighted by Gasteiger charge is 2.35. The standard InChI is InChI=1S/C36H36N6O4S/c1-36(2,3)46-35(45)42-15-5-7-29(42)33-38-25-13-10-20(16-26(25)39-33)21-8-11-23-24-12-9-22(18-31(24)47-30(23)17-21)27-19-37-32(40-27)28-6-4-14-41(28)34(43)44/h8-13,16-19,28-29H,4-7,14-15H2,1-3H3,(H,37,40)(H,38,39)(H,43,44)/t28?,29-/m0/s1. The monoisotopic (exact) mass is 648 g/mol. The molecule has 3 aromatic carbocycles. The van der Waals surface area contributed by atoms with Crippen LogP contribution in [0.1, 0.15) is 70.2 Å². The normalized spacial score (nSPS) is 18.6. The summed E-state index contributed by atoms with van der Waals surface area (Å²) in [6.45, 7) is 6.86. The van der Waals surface area contributed by atoms with Gasteiger partial charge in [-0.2, -0.15) is 0 Å². The van der Waals surface area contributed by atoms with Gasteiger partial charge in [0.2, 0.25) is 0 Å². The van der Waals surface area contributed by atoms with Crippen molar-refractivity contribution in [1.29, 1.82) is 0 Å². The molecular weight excluding hydrogens is 613 g/mol. The molecule has 2 fully saturated rings. The molecule has 2 saturated heterocycles. The van der Waals surface area contributed by atoms with Gasteiger partial charge < -0.3 is 19.8 Å². The van der Waals surface area contributed by atoms with Crippen LogP contribution in [-0.4, -0.2) is 65.7 Å². The number of ether oxygens (including phenoxy) is 1. The van der Waals surface area contributed by atoms with Crippen LogP contribution in [0, 0.1) is 0 Å². The Morgan fingerprint density at radius 2 is 1.49 bits per heavy atom. The van der Waals surface area contributed by atoms with Gasteiger partial charge >= 0.3 is 12.2 Å². The van der Waals surface area contributed by atoms with Crippen LogP contribution in [0.25, 0.3) is 53.6 Å². The molecule has 0 saturated carbocycles. The van der Waals surface area contributed by atoms with Crippen LogP contribution in [0.4, 0.5) is 9.59 Å². The lowest BCUT2D eigenvalue weighted by atomic mass is 10.0. The molecule has 47 heavy (non-hydrogen) atoms. The van der Waals surface area contributed by atoms with Crippen molar-refractivity contribution in [3.63, 3.8) is 0 Å². The van der Waals surface area contributed by atoms with Crippen molar-refractivity contribution in [2.24, 2.45) is 0 Å². The van der Waals surface area contributed by atoms with E-state index in [1.165, 1.54) is 25.1 Å². The van der Waals surface area contributed by atoms with Crippen molar-refractivity contribution in [2.45, 2.75) is 64.1 Å². The number of rotatable bonds is 4. The molecule has 2 atom stereocenters. The quantitative estimate of drug-likeness (QED) is 0.175. The highest BCUT2D eigenvalue weighted by atomic mass is 32.1. The van der Waals surface area contributed by atoms with Gasteiger partial charge in [0.25, 0.3) is 0 Å². The van der Waals surface area contributed by atoms with E-state index >= 15 is 0 Å². The van der Waals surface area contributed by atoms with Crippen LogP contribution in [0.2, 0.25) is 0 Å². The third kappa shape index (κ3) is 5.38. The summed E-state index contributed by atoms with van der Waals surface area (Å²) < 4.78 is 8.04. The van der Waals surface area contributed by atoms with E-state index in [1.54, 1.807) is 22.4 Å². The molecule has 240 valence electrons. The van der Waals surface area contributed by atoms with Gasteiger partial charge in [0.05, 0.1) is 35.0 Å². The fraction of sp³-hybridized carbons (Fsp3) is 0.333. The summed E-state index contributed by atoms with van der Waals surface area (Å²) in [5.74, 6) is 1.49. The Bertz CT molecular complexity index is 2170. The van der Waals surface area contributed by atoms with Crippen LogP contribution in [0.5, 0.6) is 0 Å². The lowest BCUT2D eigenvalue weighted by Crippen LogP contribution is -2.36. The van der Waals surface area contributed by atoms with E-state index in [9.17, 15) is 14.7 Å². The molecule has 0 aliphatic carbocycles. The molecule has 0 spiro atoms. The van der Waals surface area contributed by atoms with Crippen molar-refractivity contribution in [2.75, 3.05) is 13.1 Å². The number of fused-ring (bicyclic) bond motifs is 4. The van der Waals surface area contributed by atoms with Crippen LogP contribution in [-0.2, 0) is 4.74 Å². The number of amides is 2. The van der Waals surface area contributed by atoms with E-state index in [0.29, 0.717) is 18.9 Å². The van der Waals surface area contributed by atoms with Crippen molar-refractivity contribution >= 4 is 54.7 Å². The minimum absolute atomic E-state index is 0.129. The molecule has 2 amide bonds. The number of imidazole rings is 2. The van der Waals surface area contributed by atoms with Crippen LogP contribution in [0.3, 0.4) is 0 Å². The zero-order valence-corrected chi connectivity index (χ0v) is 27.4. The molecule has 6 aromatic rings. The number of carboxylic acid groups (broad SMARTS) is 1. The van der Waals surface area contributed by atoms with Crippen molar-refractivity contribution in [1.82, 2.24) is 29.7 Å². The number of nitrogens with one attached hydrogen (secondary N) is 2. The minimum Gasteiger partial charge on any atom is -0.465 e. The Hall–Kier alpha value is -4.90. The van der Waals surface area contributed by atoms with Gasteiger partial charge in [-0.05, 0) is 81.8 Å². The molecule has 8 rings (SSSR count). The number of aromatic amines is 2. The van der Waals surface area contributed by atoms with E-state index in [2.05, 4.69) is 63.5 Å². The third-order valence-electron chi connectivity index (χ3n) is 9.22. The average molecular weight is 649 g/mol. The van der Waals surface area contributed by atoms with E-state index in [0.717, 1.165) is 64.9 Å². The number of hydrogen-bond acceptors (Lipinski definition) is 6. The second kappa shape index (κ2) is 11.1. The van der Waals surface area contributed by atoms with Gasteiger partial charge in [-0.25, -0.2) is 19.6 Å². The summed E-state index contributed by atoms with van der Waals surface area (Å²) in [6.07, 6.45) is 3.99. The summed E-state index contributed by atoms with van der Waals surface area (Å²) in [7, 11) is 0. The number of carbonyl (C=O) groups is 2. The summed E-state index contributed by atoms with van der Waals surface area (Å²) >= 11 is 1.76. The number of likely N-dealkylation sites (tertiary alicyclic amines) is 2. The van der Waals surface area contributed by atoms with E-state index in [1.807, 2.05) is 26.8 Å². The predicted molar refractivity (Wildman–Crippen MR) is 184 cm³/mol. The first-order valence-corrected chi connectivity index (χ1v) is 16.9. The number of hydrogen-bond donors (Lipinski definition) is 3. The number of H-pyrrole nitrogens is 2. The van der Waals surface area contributed by atoms with Gasteiger partial charge in [0, 0.05) is 38.8 Å². The number of nitrogens with zero attached hydrogens (tertiary/aromatic N) is 4.